The van der Waals surface area contributed by atoms with Crippen molar-refractivity contribution < 1.29 is 4.79 Å². The van der Waals surface area contributed by atoms with Crippen LogP contribution in [0.2, 0.25) is 0 Å². The van der Waals surface area contributed by atoms with Gasteiger partial charge in [0.1, 0.15) is 6.04 Å². The third kappa shape index (κ3) is 3.34. The van der Waals surface area contributed by atoms with Crippen LogP contribution in [-0.2, 0) is 11.2 Å². The molecule has 4 heteroatoms. The maximum Gasteiger partial charge on any atom is 0.246 e. The number of amides is 1. The Morgan fingerprint density at radius 1 is 1.14 bits per heavy atom. The van der Waals surface area contributed by atoms with E-state index in [1.165, 1.54) is 5.56 Å². The number of aryl methyl sites for hydroxylation is 1. The molecule has 3 rings (SSSR count). The van der Waals surface area contributed by atoms with Crippen molar-refractivity contribution in [3.05, 3.63) is 64.1 Å². The van der Waals surface area contributed by atoms with E-state index in [0.717, 1.165) is 35.1 Å². The Morgan fingerprint density at radius 2 is 1.95 bits per heavy atom. The van der Waals surface area contributed by atoms with Gasteiger partial charge in [-0.15, -0.1) is 0 Å². The van der Waals surface area contributed by atoms with Gasteiger partial charge in [0.05, 0.1) is 0 Å². The molecule has 108 valence electrons. The maximum atomic E-state index is 12.0. The molecule has 3 nitrogen and oxygen atoms in total. The molecule has 0 aromatic heterocycles. The van der Waals surface area contributed by atoms with Crippen molar-refractivity contribution in [3.63, 3.8) is 0 Å². The number of fused-ring (bicyclic) bond motifs is 1. The highest BCUT2D eigenvalue weighted by Gasteiger charge is 2.29. The lowest BCUT2D eigenvalue weighted by Gasteiger charge is -2.11. The van der Waals surface area contributed by atoms with Gasteiger partial charge in [0.15, 0.2) is 0 Å². The van der Waals surface area contributed by atoms with Crippen molar-refractivity contribution in [1.82, 2.24) is 5.32 Å². The Hall–Kier alpha value is -1.65. The quantitative estimate of drug-likeness (QED) is 0.812. The van der Waals surface area contributed by atoms with Crippen LogP contribution in [0.1, 0.15) is 23.6 Å². The fourth-order valence-corrected chi connectivity index (χ4v) is 2.98. The zero-order valence-corrected chi connectivity index (χ0v) is 13.2. The first kappa shape index (κ1) is 14.3. The minimum absolute atomic E-state index is 0.0304. The fraction of sp³-hybridized carbons (Fsp3) is 0.235. The van der Waals surface area contributed by atoms with Crippen LogP contribution >= 0.6 is 15.9 Å². The van der Waals surface area contributed by atoms with E-state index < -0.39 is 0 Å². The van der Waals surface area contributed by atoms with Gasteiger partial charge in [-0.2, -0.15) is 0 Å². The molecular formula is C17H17BrN2O. The van der Waals surface area contributed by atoms with Gasteiger partial charge in [-0.3, -0.25) is 4.79 Å². The van der Waals surface area contributed by atoms with E-state index in [0.29, 0.717) is 0 Å². The highest BCUT2D eigenvalue weighted by Crippen LogP contribution is 2.32. The lowest BCUT2D eigenvalue weighted by atomic mass is 10.1. The van der Waals surface area contributed by atoms with Crippen molar-refractivity contribution >= 4 is 27.5 Å². The predicted molar refractivity (Wildman–Crippen MR) is 88.3 cm³/mol. The van der Waals surface area contributed by atoms with E-state index in [1.807, 2.05) is 24.3 Å². The molecular weight excluding hydrogens is 328 g/mol. The highest BCUT2D eigenvalue weighted by molar-refractivity contribution is 9.10. The molecule has 2 N–H and O–H groups in total. The predicted octanol–water partition coefficient (Wildman–Crippen LogP) is 3.66. The Morgan fingerprint density at radius 3 is 2.76 bits per heavy atom. The summed E-state index contributed by atoms with van der Waals surface area (Å²) in [5, 5.41) is 6.27. The Balaban J connectivity index is 1.55. The van der Waals surface area contributed by atoms with Gasteiger partial charge in [-0.1, -0.05) is 52.3 Å². The molecule has 0 aliphatic carbocycles. The lowest BCUT2D eigenvalue weighted by Crippen LogP contribution is -2.28. The summed E-state index contributed by atoms with van der Waals surface area (Å²) < 4.78 is 0.978. The van der Waals surface area contributed by atoms with Gasteiger partial charge >= 0.3 is 0 Å². The second-order valence-electron chi connectivity index (χ2n) is 5.20. The smallest absolute Gasteiger partial charge is 0.246 e. The number of hydrogen-bond acceptors (Lipinski definition) is 2. The normalized spacial score (nSPS) is 16.6. The SMILES string of the molecule is O=C1Nc2cc(Br)ccc2C1NCCCc1ccccc1. The Bertz CT molecular complexity index is 642. The number of benzene rings is 2. The summed E-state index contributed by atoms with van der Waals surface area (Å²) in [4.78, 5) is 12.0. The summed E-state index contributed by atoms with van der Waals surface area (Å²) >= 11 is 3.42. The summed E-state index contributed by atoms with van der Waals surface area (Å²) in [6.45, 7) is 0.822. The molecule has 1 aliphatic heterocycles. The summed E-state index contributed by atoms with van der Waals surface area (Å²) in [6, 6.07) is 16.1. The van der Waals surface area contributed by atoms with Crippen LogP contribution in [0, 0.1) is 0 Å². The topological polar surface area (TPSA) is 41.1 Å². The minimum Gasteiger partial charge on any atom is -0.324 e. The summed E-state index contributed by atoms with van der Waals surface area (Å²) in [6.07, 6.45) is 2.04. The molecule has 1 unspecified atom stereocenters. The van der Waals surface area contributed by atoms with Crippen molar-refractivity contribution in [2.45, 2.75) is 18.9 Å². The average molecular weight is 345 g/mol. The van der Waals surface area contributed by atoms with Gasteiger partial charge < -0.3 is 10.6 Å². The van der Waals surface area contributed by atoms with Crippen molar-refractivity contribution in [2.24, 2.45) is 0 Å². The molecule has 1 heterocycles. The molecule has 2 aromatic carbocycles. The first-order valence-electron chi connectivity index (χ1n) is 7.11. The average Bonchev–Trinajstić information content (AvgIpc) is 2.79. The molecule has 0 saturated heterocycles. The third-order valence-corrected chi connectivity index (χ3v) is 4.17. The van der Waals surface area contributed by atoms with Crippen LogP contribution in [-0.4, -0.2) is 12.5 Å². The zero-order valence-electron chi connectivity index (χ0n) is 11.6. The van der Waals surface area contributed by atoms with Gasteiger partial charge in [0.2, 0.25) is 5.91 Å². The number of hydrogen-bond donors (Lipinski definition) is 2. The van der Waals surface area contributed by atoms with E-state index in [4.69, 9.17) is 0 Å². The summed E-state index contributed by atoms with van der Waals surface area (Å²) in [5.41, 5.74) is 3.26. The highest BCUT2D eigenvalue weighted by atomic mass is 79.9. The van der Waals surface area contributed by atoms with Crippen molar-refractivity contribution in [2.75, 3.05) is 11.9 Å². The zero-order chi connectivity index (χ0) is 14.7. The number of carbonyl (C=O) groups is 1. The number of anilines is 1. The van der Waals surface area contributed by atoms with Crippen molar-refractivity contribution in [3.8, 4) is 0 Å². The van der Waals surface area contributed by atoms with Crippen LogP contribution in [0.3, 0.4) is 0 Å². The minimum atomic E-state index is -0.233. The Labute approximate surface area is 132 Å². The number of carbonyl (C=O) groups excluding carboxylic acids is 1. The fourth-order valence-electron chi connectivity index (χ4n) is 2.62. The molecule has 21 heavy (non-hydrogen) atoms. The molecule has 0 bridgehead atoms. The standard InChI is InChI=1S/C17H17BrN2O/c18-13-8-9-14-15(11-13)20-17(21)16(14)19-10-4-7-12-5-2-1-3-6-12/h1-3,5-6,8-9,11,16,19H,4,7,10H2,(H,20,21). The van der Waals surface area contributed by atoms with E-state index in [1.54, 1.807) is 0 Å². The summed E-state index contributed by atoms with van der Waals surface area (Å²) in [5.74, 6) is 0.0304. The van der Waals surface area contributed by atoms with Gasteiger partial charge in [0, 0.05) is 15.7 Å². The van der Waals surface area contributed by atoms with E-state index in [2.05, 4.69) is 50.8 Å². The first-order chi connectivity index (χ1) is 10.2. The lowest BCUT2D eigenvalue weighted by molar-refractivity contribution is -0.117. The van der Waals surface area contributed by atoms with Crippen LogP contribution in [0.15, 0.2) is 53.0 Å². The monoisotopic (exact) mass is 344 g/mol. The van der Waals surface area contributed by atoms with Gasteiger partial charge in [0.25, 0.3) is 0 Å². The summed E-state index contributed by atoms with van der Waals surface area (Å²) in [7, 11) is 0. The molecule has 1 atom stereocenters. The van der Waals surface area contributed by atoms with Crippen LogP contribution in [0.25, 0.3) is 0 Å². The van der Waals surface area contributed by atoms with E-state index in [9.17, 15) is 4.79 Å². The van der Waals surface area contributed by atoms with E-state index >= 15 is 0 Å². The molecule has 0 spiro atoms. The van der Waals surface area contributed by atoms with E-state index in [-0.39, 0.29) is 11.9 Å². The number of nitrogens with one attached hydrogen (secondary N) is 2. The maximum absolute atomic E-state index is 12.0. The molecule has 1 amide bonds. The number of halogens is 1. The molecule has 2 aromatic rings. The number of rotatable bonds is 5. The van der Waals surface area contributed by atoms with Crippen LogP contribution in [0.5, 0.6) is 0 Å². The Kier molecular flexibility index (Phi) is 4.36. The molecule has 0 fully saturated rings. The van der Waals surface area contributed by atoms with Gasteiger partial charge in [-0.05, 0) is 37.1 Å². The second-order valence-corrected chi connectivity index (χ2v) is 6.11. The molecule has 0 radical (unpaired) electrons. The first-order valence-corrected chi connectivity index (χ1v) is 7.91. The molecule has 0 saturated carbocycles. The van der Waals surface area contributed by atoms with Crippen LogP contribution in [0.4, 0.5) is 5.69 Å². The van der Waals surface area contributed by atoms with Gasteiger partial charge in [-0.25, -0.2) is 0 Å². The largest absolute Gasteiger partial charge is 0.324 e. The molecule has 1 aliphatic rings. The van der Waals surface area contributed by atoms with Crippen LogP contribution < -0.4 is 10.6 Å². The second kappa shape index (κ2) is 6.41. The third-order valence-electron chi connectivity index (χ3n) is 3.68. The van der Waals surface area contributed by atoms with Crippen molar-refractivity contribution in [1.29, 1.82) is 0 Å².